The molecule has 0 radical (unpaired) electrons. The van der Waals surface area contributed by atoms with Gasteiger partial charge in [0.05, 0.1) is 26.0 Å². The van der Waals surface area contributed by atoms with Crippen molar-refractivity contribution in [1.29, 1.82) is 0 Å². The Morgan fingerprint density at radius 2 is 1.68 bits per heavy atom. The molecule has 7 nitrogen and oxygen atoms in total. The van der Waals surface area contributed by atoms with E-state index in [4.69, 9.17) is 9.47 Å². The Balaban J connectivity index is 1.50. The zero-order valence-electron chi connectivity index (χ0n) is 18.3. The van der Waals surface area contributed by atoms with Crippen LogP contribution in [0.15, 0.2) is 42.5 Å². The molecule has 0 aromatic heterocycles. The number of carbonyl (C=O) groups is 2. The van der Waals surface area contributed by atoms with Crippen LogP contribution in [-0.2, 0) is 14.3 Å². The molecule has 0 bridgehead atoms. The minimum Gasteiger partial charge on any atom is -0.495 e. The summed E-state index contributed by atoms with van der Waals surface area (Å²) in [5.74, 6) is 0.731. The van der Waals surface area contributed by atoms with E-state index in [0.29, 0.717) is 17.4 Å². The van der Waals surface area contributed by atoms with Gasteiger partial charge in [-0.05, 0) is 73.9 Å². The smallest absolute Gasteiger partial charge is 0.331 e. The van der Waals surface area contributed by atoms with Crippen molar-refractivity contribution in [2.24, 2.45) is 0 Å². The van der Waals surface area contributed by atoms with Crippen LogP contribution in [0.2, 0.25) is 0 Å². The van der Waals surface area contributed by atoms with Crippen molar-refractivity contribution in [1.82, 2.24) is 0 Å². The summed E-state index contributed by atoms with van der Waals surface area (Å²) in [4.78, 5) is 23.6. The quantitative estimate of drug-likeness (QED) is 0.618. The first-order valence-corrected chi connectivity index (χ1v) is 10.5. The van der Waals surface area contributed by atoms with Crippen LogP contribution in [-0.4, -0.2) is 38.9 Å². The van der Waals surface area contributed by atoms with Crippen LogP contribution < -0.4 is 15.4 Å². The standard InChI is InChI=1S/C24H30N2O5/c1-16-4-13-22(29-2)21(14-16)26-24(28)25-19-9-5-17(6-10-19)18-7-11-20(12-8-18)31-15-23(27)30-3/h4-6,9-10,13-14,18,20H,7-8,11-12,15H2,1-3H3,(H2,25,26,28)/t18-,20-. The number of esters is 1. The fraction of sp³-hybridized carbons (Fsp3) is 0.417. The maximum absolute atomic E-state index is 12.4. The first kappa shape index (κ1) is 22.6. The number of hydrogen-bond acceptors (Lipinski definition) is 5. The van der Waals surface area contributed by atoms with E-state index in [9.17, 15) is 9.59 Å². The largest absolute Gasteiger partial charge is 0.495 e. The molecule has 1 aliphatic rings. The van der Waals surface area contributed by atoms with Gasteiger partial charge in [0, 0.05) is 5.69 Å². The van der Waals surface area contributed by atoms with Gasteiger partial charge in [-0.1, -0.05) is 18.2 Å². The molecule has 2 N–H and O–H groups in total. The average molecular weight is 427 g/mol. The number of carbonyl (C=O) groups excluding carboxylic acids is 2. The molecule has 2 aromatic rings. The first-order chi connectivity index (χ1) is 15.0. The normalized spacial score (nSPS) is 18.2. The molecule has 1 aliphatic carbocycles. The molecular weight excluding hydrogens is 396 g/mol. The Bertz CT molecular complexity index is 889. The highest BCUT2D eigenvalue weighted by atomic mass is 16.6. The Kier molecular flexibility index (Phi) is 7.89. The predicted octanol–water partition coefficient (Wildman–Crippen LogP) is 4.86. The minimum absolute atomic E-state index is 0.0166. The molecule has 166 valence electrons. The number of anilines is 2. The molecule has 1 saturated carbocycles. The van der Waals surface area contributed by atoms with Crippen molar-refractivity contribution in [3.8, 4) is 5.75 Å². The van der Waals surface area contributed by atoms with E-state index >= 15 is 0 Å². The molecular formula is C24H30N2O5. The second-order valence-electron chi connectivity index (χ2n) is 7.77. The van der Waals surface area contributed by atoms with Crippen LogP contribution in [0, 0.1) is 6.92 Å². The van der Waals surface area contributed by atoms with Crippen molar-refractivity contribution in [3.05, 3.63) is 53.6 Å². The number of methoxy groups -OCH3 is 2. The van der Waals surface area contributed by atoms with Gasteiger partial charge < -0.3 is 24.8 Å². The number of amides is 2. The van der Waals surface area contributed by atoms with Gasteiger partial charge >= 0.3 is 12.0 Å². The van der Waals surface area contributed by atoms with Gasteiger partial charge in [-0.3, -0.25) is 0 Å². The lowest BCUT2D eigenvalue weighted by molar-refractivity contribution is -0.148. The number of aryl methyl sites for hydroxylation is 1. The van der Waals surface area contributed by atoms with Crippen molar-refractivity contribution in [2.45, 2.75) is 44.6 Å². The second-order valence-corrected chi connectivity index (χ2v) is 7.77. The van der Waals surface area contributed by atoms with E-state index in [0.717, 1.165) is 36.9 Å². The third kappa shape index (κ3) is 6.46. The van der Waals surface area contributed by atoms with E-state index in [1.165, 1.54) is 12.7 Å². The summed E-state index contributed by atoms with van der Waals surface area (Å²) in [6.45, 7) is 1.97. The summed E-state index contributed by atoms with van der Waals surface area (Å²) in [5, 5.41) is 5.70. The molecule has 0 aliphatic heterocycles. The summed E-state index contributed by atoms with van der Waals surface area (Å²) < 4.78 is 15.5. The van der Waals surface area contributed by atoms with Gasteiger partial charge in [0.25, 0.3) is 0 Å². The van der Waals surface area contributed by atoms with Crippen molar-refractivity contribution < 1.29 is 23.8 Å². The number of hydrogen-bond donors (Lipinski definition) is 2. The van der Waals surface area contributed by atoms with Gasteiger partial charge in [0.15, 0.2) is 0 Å². The lowest BCUT2D eigenvalue weighted by Crippen LogP contribution is -2.24. The Labute approximate surface area is 183 Å². The minimum atomic E-state index is -0.338. The average Bonchev–Trinajstić information content (AvgIpc) is 2.78. The summed E-state index contributed by atoms with van der Waals surface area (Å²) in [6, 6.07) is 13.3. The predicted molar refractivity (Wildman–Crippen MR) is 120 cm³/mol. The lowest BCUT2D eigenvalue weighted by atomic mass is 9.82. The van der Waals surface area contributed by atoms with Gasteiger partial charge in [0.2, 0.25) is 0 Å². The number of urea groups is 1. The summed E-state index contributed by atoms with van der Waals surface area (Å²) >= 11 is 0. The molecule has 2 amide bonds. The number of benzene rings is 2. The molecule has 1 fully saturated rings. The topological polar surface area (TPSA) is 85.9 Å². The van der Waals surface area contributed by atoms with Crippen molar-refractivity contribution >= 4 is 23.4 Å². The number of ether oxygens (including phenoxy) is 3. The zero-order valence-corrected chi connectivity index (χ0v) is 18.3. The first-order valence-electron chi connectivity index (χ1n) is 10.5. The molecule has 2 aromatic carbocycles. The Morgan fingerprint density at radius 3 is 2.32 bits per heavy atom. The van der Waals surface area contributed by atoms with E-state index in [2.05, 4.69) is 27.5 Å². The van der Waals surface area contributed by atoms with Crippen LogP contribution >= 0.6 is 0 Å². The van der Waals surface area contributed by atoms with Gasteiger partial charge in [-0.15, -0.1) is 0 Å². The van der Waals surface area contributed by atoms with Crippen LogP contribution in [0.3, 0.4) is 0 Å². The fourth-order valence-corrected chi connectivity index (χ4v) is 3.85. The third-order valence-corrected chi connectivity index (χ3v) is 5.58. The zero-order chi connectivity index (χ0) is 22.2. The fourth-order valence-electron chi connectivity index (χ4n) is 3.85. The van der Waals surface area contributed by atoms with Crippen LogP contribution in [0.4, 0.5) is 16.2 Å². The van der Waals surface area contributed by atoms with Crippen molar-refractivity contribution in [2.75, 3.05) is 31.5 Å². The molecule has 0 heterocycles. The van der Waals surface area contributed by atoms with E-state index in [1.807, 2.05) is 37.3 Å². The van der Waals surface area contributed by atoms with Crippen molar-refractivity contribution in [3.63, 3.8) is 0 Å². The maximum atomic E-state index is 12.4. The molecule has 31 heavy (non-hydrogen) atoms. The molecule has 0 unspecified atom stereocenters. The van der Waals surface area contributed by atoms with E-state index < -0.39 is 0 Å². The molecule has 7 heteroatoms. The van der Waals surface area contributed by atoms with E-state index in [-0.39, 0.29) is 24.7 Å². The second kappa shape index (κ2) is 10.8. The van der Waals surface area contributed by atoms with E-state index in [1.54, 1.807) is 7.11 Å². The highest BCUT2D eigenvalue weighted by molar-refractivity contribution is 6.00. The van der Waals surface area contributed by atoms with Crippen LogP contribution in [0.5, 0.6) is 5.75 Å². The highest BCUT2D eigenvalue weighted by Crippen LogP contribution is 2.34. The van der Waals surface area contributed by atoms with Gasteiger partial charge in [0.1, 0.15) is 12.4 Å². The van der Waals surface area contributed by atoms with Crippen LogP contribution in [0.25, 0.3) is 0 Å². The highest BCUT2D eigenvalue weighted by Gasteiger charge is 2.23. The molecule has 0 atom stereocenters. The SMILES string of the molecule is COC(=O)CO[C@H]1CC[C@H](c2ccc(NC(=O)Nc3cc(C)ccc3OC)cc2)CC1. The number of rotatable bonds is 7. The lowest BCUT2D eigenvalue weighted by Gasteiger charge is -2.28. The third-order valence-electron chi connectivity index (χ3n) is 5.58. The summed E-state index contributed by atoms with van der Waals surface area (Å²) in [7, 11) is 2.94. The number of nitrogens with one attached hydrogen (secondary N) is 2. The van der Waals surface area contributed by atoms with Gasteiger partial charge in [-0.25, -0.2) is 9.59 Å². The monoisotopic (exact) mass is 426 g/mol. The van der Waals surface area contributed by atoms with Crippen LogP contribution in [0.1, 0.15) is 42.7 Å². The Morgan fingerprint density at radius 1 is 0.968 bits per heavy atom. The molecule has 3 rings (SSSR count). The summed E-state index contributed by atoms with van der Waals surface area (Å²) in [6.07, 6.45) is 3.96. The van der Waals surface area contributed by atoms with Gasteiger partial charge in [-0.2, -0.15) is 0 Å². The Hall–Kier alpha value is -3.06. The molecule has 0 spiro atoms. The maximum Gasteiger partial charge on any atom is 0.331 e. The molecule has 0 saturated heterocycles. The summed E-state index contributed by atoms with van der Waals surface area (Å²) in [5.41, 5.74) is 3.63.